The van der Waals surface area contributed by atoms with E-state index in [0.29, 0.717) is 11.3 Å². The predicted octanol–water partition coefficient (Wildman–Crippen LogP) is 4.64. The van der Waals surface area contributed by atoms with Crippen LogP contribution >= 0.6 is 15.9 Å². The Morgan fingerprint density at radius 1 is 0.815 bits per heavy atom. The highest BCUT2D eigenvalue weighted by molar-refractivity contribution is 9.10. The molecule has 0 saturated carbocycles. The number of anilines is 2. The van der Waals surface area contributed by atoms with E-state index in [1.165, 1.54) is 48.5 Å². The Kier molecular flexibility index (Phi) is 5.57. The van der Waals surface area contributed by atoms with E-state index in [4.69, 9.17) is 0 Å². The second-order valence-electron chi connectivity index (χ2n) is 5.60. The smallest absolute Gasteiger partial charge is 0.261 e. The van der Waals surface area contributed by atoms with Crippen molar-refractivity contribution in [2.24, 2.45) is 0 Å². The maximum Gasteiger partial charge on any atom is 0.261 e. The Balaban J connectivity index is 1.71. The summed E-state index contributed by atoms with van der Waals surface area (Å²) in [5.41, 5.74) is 1.19. The normalized spacial score (nSPS) is 11.0. The van der Waals surface area contributed by atoms with Gasteiger partial charge in [-0.15, -0.1) is 0 Å². The number of benzene rings is 3. The Labute approximate surface area is 164 Å². The summed E-state index contributed by atoms with van der Waals surface area (Å²) >= 11 is 3.30. The molecule has 27 heavy (non-hydrogen) atoms. The van der Waals surface area contributed by atoms with Gasteiger partial charge in [0.05, 0.1) is 4.90 Å². The third kappa shape index (κ3) is 4.93. The minimum atomic E-state index is -3.82. The lowest BCUT2D eigenvalue weighted by Crippen LogP contribution is -2.14. The van der Waals surface area contributed by atoms with Crippen molar-refractivity contribution in [1.82, 2.24) is 0 Å². The van der Waals surface area contributed by atoms with E-state index in [1.807, 2.05) is 0 Å². The molecule has 0 bridgehead atoms. The number of carbonyl (C=O) groups excluding carboxylic acids is 1. The first-order valence-electron chi connectivity index (χ1n) is 7.79. The SMILES string of the molecule is O=C(Nc1ccc(S(=O)(=O)Nc2ccc(F)cc2)cc1)c1ccc(Br)cc1. The molecule has 0 unspecified atom stereocenters. The minimum absolute atomic E-state index is 0.0217. The molecule has 5 nitrogen and oxygen atoms in total. The van der Waals surface area contributed by atoms with E-state index in [1.54, 1.807) is 24.3 Å². The Morgan fingerprint density at radius 2 is 1.37 bits per heavy atom. The van der Waals surface area contributed by atoms with Crippen LogP contribution < -0.4 is 10.0 Å². The Hall–Kier alpha value is -2.71. The van der Waals surface area contributed by atoms with Crippen molar-refractivity contribution in [3.05, 3.63) is 88.6 Å². The summed E-state index contributed by atoms with van der Waals surface area (Å²) in [6.07, 6.45) is 0. The van der Waals surface area contributed by atoms with E-state index in [2.05, 4.69) is 26.0 Å². The highest BCUT2D eigenvalue weighted by atomic mass is 79.9. The molecule has 3 rings (SSSR count). The molecule has 138 valence electrons. The van der Waals surface area contributed by atoms with Crippen LogP contribution in [-0.2, 0) is 10.0 Å². The molecule has 8 heteroatoms. The van der Waals surface area contributed by atoms with Crippen LogP contribution in [0.3, 0.4) is 0 Å². The summed E-state index contributed by atoms with van der Waals surface area (Å²) in [5.74, 6) is -0.758. The molecule has 2 N–H and O–H groups in total. The van der Waals surface area contributed by atoms with Gasteiger partial charge in [0.15, 0.2) is 0 Å². The number of rotatable bonds is 5. The highest BCUT2D eigenvalue weighted by Crippen LogP contribution is 2.19. The highest BCUT2D eigenvalue weighted by Gasteiger charge is 2.14. The predicted molar refractivity (Wildman–Crippen MR) is 106 cm³/mol. The first kappa shape index (κ1) is 19.1. The molecule has 0 fully saturated rings. The van der Waals surface area contributed by atoms with Crippen molar-refractivity contribution in [3.8, 4) is 0 Å². The van der Waals surface area contributed by atoms with Gasteiger partial charge in [0.25, 0.3) is 15.9 Å². The molecule has 0 spiro atoms. The summed E-state index contributed by atoms with van der Waals surface area (Å²) in [5, 5.41) is 2.70. The Morgan fingerprint density at radius 3 is 1.96 bits per heavy atom. The van der Waals surface area contributed by atoms with Gasteiger partial charge in [0.2, 0.25) is 0 Å². The second kappa shape index (κ2) is 7.89. The van der Waals surface area contributed by atoms with Crippen LogP contribution in [0.1, 0.15) is 10.4 Å². The number of halogens is 2. The van der Waals surface area contributed by atoms with Gasteiger partial charge in [-0.05, 0) is 72.8 Å². The van der Waals surface area contributed by atoms with Crippen LogP contribution in [0.2, 0.25) is 0 Å². The fraction of sp³-hybridized carbons (Fsp3) is 0. The van der Waals surface area contributed by atoms with Gasteiger partial charge >= 0.3 is 0 Å². The molecule has 0 aromatic heterocycles. The Bertz CT molecular complexity index is 1050. The molecule has 0 atom stereocenters. The van der Waals surface area contributed by atoms with Crippen molar-refractivity contribution in [1.29, 1.82) is 0 Å². The number of amides is 1. The van der Waals surface area contributed by atoms with Crippen LogP contribution in [0.25, 0.3) is 0 Å². The van der Waals surface area contributed by atoms with Crippen LogP contribution in [0, 0.1) is 5.82 Å². The standard InChI is InChI=1S/C19H14BrFN2O3S/c20-14-3-1-13(2-4-14)19(24)22-16-9-11-18(12-10-16)27(25,26)23-17-7-5-15(21)6-8-17/h1-12,23H,(H,22,24). The average Bonchev–Trinajstić information content (AvgIpc) is 2.64. The second-order valence-corrected chi connectivity index (χ2v) is 8.20. The zero-order valence-electron chi connectivity index (χ0n) is 13.8. The molecule has 0 aliphatic carbocycles. The number of hydrogen-bond donors (Lipinski definition) is 2. The van der Waals surface area contributed by atoms with Gasteiger partial charge in [0, 0.05) is 21.4 Å². The van der Waals surface area contributed by atoms with Gasteiger partial charge in [0.1, 0.15) is 5.82 Å². The van der Waals surface area contributed by atoms with E-state index in [0.717, 1.165) is 4.47 Å². The summed E-state index contributed by atoms with van der Waals surface area (Å²) in [6, 6.07) is 17.6. The van der Waals surface area contributed by atoms with Crippen LogP contribution in [0.15, 0.2) is 82.2 Å². The molecule has 0 heterocycles. The summed E-state index contributed by atoms with van der Waals surface area (Å²) in [6.45, 7) is 0. The zero-order chi connectivity index (χ0) is 19.4. The summed E-state index contributed by atoms with van der Waals surface area (Å²) < 4.78 is 40.9. The molecule has 0 radical (unpaired) electrons. The third-order valence-corrected chi connectivity index (χ3v) is 5.55. The number of carbonyl (C=O) groups is 1. The van der Waals surface area contributed by atoms with Crippen LogP contribution in [-0.4, -0.2) is 14.3 Å². The molecular weight excluding hydrogens is 435 g/mol. The quantitative estimate of drug-likeness (QED) is 0.596. The summed E-state index contributed by atoms with van der Waals surface area (Å²) in [4.78, 5) is 12.2. The number of sulfonamides is 1. The topological polar surface area (TPSA) is 75.3 Å². The lowest BCUT2D eigenvalue weighted by atomic mass is 10.2. The fourth-order valence-electron chi connectivity index (χ4n) is 2.25. The lowest BCUT2D eigenvalue weighted by molar-refractivity contribution is 0.102. The first-order valence-corrected chi connectivity index (χ1v) is 10.1. The molecule has 3 aromatic carbocycles. The summed E-state index contributed by atoms with van der Waals surface area (Å²) in [7, 11) is -3.82. The van der Waals surface area contributed by atoms with Crippen molar-refractivity contribution in [2.45, 2.75) is 4.90 Å². The van der Waals surface area contributed by atoms with Crippen molar-refractivity contribution in [3.63, 3.8) is 0 Å². The van der Waals surface area contributed by atoms with Gasteiger partial charge in [-0.3, -0.25) is 9.52 Å². The van der Waals surface area contributed by atoms with Gasteiger partial charge < -0.3 is 5.32 Å². The number of hydrogen-bond acceptors (Lipinski definition) is 3. The lowest BCUT2D eigenvalue weighted by Gasteiger charge is -2.09. The van der Waals surface area contributed by atoms with E-state index < -0.39 is 15.8 Å². The number of nitrogens with one attached hydrogen (secondary N) is 2. The maximum atomic E-state index is 12.9. The van der Waals surface area contributed by atoms with Crippen molar-refractivity contribution >= 4 is 43.2 Å². The van der Waals surface area contributed by atoms with E-state index in [-0.39, 0.29) is 16.5 Å². The van der Waals surface area contributed by atoms with E-state index in [9.17, 15) is 17.6 Å². The third-order valence-electron chi connectivity index (χ3n) is 3.63. The molecule has 0 saturated heterocycles. The maximum absolute atomic E-state index is 12.9. The van der Waals surface area contributed by atoms with Crippen LogP contribution in [0.5, 0.6) is 0 Å². The monoisotopic (exact) mass is 448 g/mol. The minimum Gasteiger partial charge on any atom is -0.322 e. The molecule has 0 aliphatic rings. The van der Waals surface area contributed by atoms with Crippen molar-refractivity contribution in [2.75, 3.05) is 10.0 Å². The fourth-order valence-corrected chi connectivity index (χ4v) is 3.58. The molecule has 1 amide bonds. The molecular formula is C19H14BrFN2O3S. The average molecular weight is 449 g/mol. The first-order chi connectivity index (χ1) is 12.8. The van der Waals surface area contributed by atoms with Gasteiger partial charge in [-0.1, -0.05) is 15.9 Å². The molecule has 0 aliphatic heterocycles. The van der Waals surface area contributed by atoms with Gasteiger partial charge in [-0.2, -0.15) is 0 Å². The van der Waals surface area contributed by atoms with Gasteiger partial charge in [-0.25, -0.2) is 12.8 Å². The van der Waals surface area contributed by atoms with Crippen LogP contribution in [0.4, 0.5) is 15.8 Å². The van der Waals surface area contributed by atoms with Crippen molar-refractivity contribution < 1.29 is 17.6 Å². The van der Waals surface area contributed by atoms with E-state index >= 15 is 0 Å². The molecule has 3 aromatic rings. The zero-order valence-corrected chi connectivity index (χ0v) is 16.2. The largest absolute Gasteiger partial charge is 0.322 e.